The Labute approximate surface area is 211 Å². The molecule has 4 rings (SSSR count). The van der Waals surface area contributed by atoms with Crippen LogP contribution in [0.5, 0.6) is 17.2 Å². The Morgan fingerprint density at radius 3 is 2.11 bits per heavy atom. The van der Waals surface area contributed by atoms with Crippen molar-refractivity contribution in [3.05, 3.63) is 72.8 Å². The van der Waals surface area contributed by atoms with Crippen LogP contribution in [0.15, 0.2) is 77.7 Å². The normalized spacial score (nSPS) is 13.7. The second-order valence-electron chi connectivity index (χ2n) is 8.13. The van der Waals surface area contributed by atoms with Gasteiger partial charge in [-0.15, -0.1) is 0 Å². The topological polar surface area (TPSA) is 97.4 Å². The van der Waals surface area contributed by atoms with Crippen LogP contribution in [-0.2, 0) is 14.8 Å². The maximum Gasteiger partial charge on any atom is 0.261 e. The van der Waals surface area contributed by atoms with Crippen molar-refractivity contribution in [1.29, 1.82) is 0 Å². The molecule has 0 aromatic heterocycles. The summed E-state index contributed by atoms with van der Waals surface area (Å²) in [6.07, 6.45) is 0. The quantitative estimate of drug-likeness (QED) is 0.471. The summed E-state index contributed by atoms with van der Waals surface area (Å²) in [5.74, 6) is 1.74. The average Bonchev–Trinajstić information content (AvgIpc) is 2.92. The van der Waals surface area contributed by atoms with Gasteiger partial charge in [0.1, 0.15) is 17.2 Å². The van der Waals surface area contributed by atoms with Gasteiger partial charge in [-0.2, -0.15) is 0 Å². The highest BCUT2D eigenvalue weighted by atomic mass is 32.2. The van der Waals surface area contributed by atoms with Crippen LogP contribution in [0.4, 0.5) is 11.4 Å². The third-order valence-electron chi connectivity index (χ3n) is 5.90. The van der Waals surface area contributed by atoms with Crippen molar-refractivity contribution in [3.63, 3.8) is 0 Å². The van der Waals surface area contributed by atoms with Crippen LogP contribution < -0.4 is 23.8 Å². The van der Waals surface area contributed by atoms with Gasteiger partial charge in [-0.25, -0.2) is 8.42 Å². The number of methoxy groups -OCH3 is 2. The molecule has 0 spiro atoms. The molecule has 1 heterocycles. The Bertz CT molecular complexity index is 1270. The molecule has 1 saturated heterocycles. The molecule has 190 valence electrons. The number of ether oxygens (including phenoxy) is 3. The standard InChI is InChI=1S/C26H29N3O6S/c1-33-21-9-7-20(8-10-21)27-36(31,32)23-13-11-22(12-14-23)35-19-26(30)29-17-15-28(16-18-29)24-5-3-4-6-25(24)34-2/h3-14,27H,15-19H2,1-2H3. The lowest BCUT2D eigenvalue weighted by molar-refractivity contribution is -0.133. The number of carbonyl (C=O) groups excluding carboxylic acids is 1. The molecule has 3 aromatic rings. The van der Waals surface area contributed by atoms with E-state index in [-0.39, 0.29) is 17.4 Å². The van der Waals surface area contributed by atoms with Crippen molar-refractivity contribution in [2.45, 2.75) is 4.90 Å². The summed E-state index contributed by atoms with van der Waals surface area (Å²) in [6, 6.07) is 20.4. The fourth-order valence-electron chi connectivity index (χ4n) is 3.91. The highest BCUT2D eigenvalue weighted by molar-refractivity contribution is 7.92. The summed E-state index contributed by atoms with van der Waals surface area (Å²) < 4.78 is 44.0. The molecular weight excluding hydrogens is 482 g/mol. The highest BCUT2D eigenvalue weighted by Crippen LogP contribution is 2.28. The first-order valence-corrected chi connectivity index (χ1v) is 12.9. The molecule has 1 fully saturated rings. The monoisotopic (exact) mass is 511 g/mol. The molecule has 36 heavy (non-hydrogen) atoms. The van der Waals surface area contributed by atoms with E-state index in [1.165, 1.54) is 24.3 Å². The van der Waals surface area contributed by atoms with Crippen molar-refractivity contribution in [2.24, 2.45) is 0 Å². The molecule has 9 nitrogen and oxygen atoms in total. The minimum Gasteiger partial charge on any atom is -0.497 e. The molecule has 3 aromatic carbocycles. The maximum absolute atomic E-state index is 12.7. The lowest BCUT2D eigenvalue weighted by Crippen LogP contribution is -2.50. The molecule has 0 radical (unpaired) electrons. The summed E-state index contributed by atoms with van der Waals surface area (Å²) in [6.45, 7) is 2.42. The summed E-state index contributed by atoms with van der Waals surface area (Å²) in [5, 5.41) is 0. The number of nitrogens with one attached hydrogen (secondary N) is 1. The van der Waals surface area contributed by atoms with Crippen molar-refractivity contribution in [3.8, 4) is 17.2 Å². The first-order valence-electron chi connectivity index (χ1n) is 11.4. The van der Waals surface area contributed by atoms with E-state index in [2.05, 4.69) is 9.62 Å². The van der Waals surface area contributed by atoms with E-state index in [4.69, 9.17) is 14.2 Å². The van der Waals surface area contributed by atoms with E-state index in [0.29, 0.717) is 43.4 Å². The van der Waals surface area contributed by atoms with Crippen molar-refractivity contribution in [1.82, 2.24) is 4.90 Å². The first-order chi connectivity index (χ1) is 17.4. The summed E-state index contributed by atoms with van der Waals surface area (Å²) in [4.78, 5) is 16.7. The summed E-state index contributed by atoms with van der Waals surface area (Å²) in [7, 11) is -0.577. The van der Waals surface area contributed by atoms with E-state index in [1.54, 1.807) is 43.4 Å². The van der Waals surface area contributed by atoms with Crippen LogP contribution in [-0.4, -0.2) is 66.2 Å². The Balaban J connectivity index is 1.28. The summed E-state index contributed by atoms with van der Waals surface area (Å²) >= 11 is 0. The molecule has 0 bridgehead atoms. The minimum atomic E-state index is -3.77. The van der Waals surface area contributed by atoms with Gasteiger partial charge in [0.15, 0.2) is 6.61 Å². The number of carbonyl (C=O) groups is 1. The zero-order valence-electron chi connectivity index (χ0n) is 20.2. The number of sulfonamides is 1. The van der Waals surface area contributed by atoms with E-state index >= 15 is 0 Å². The van der Waals surface area contributed by atoms with Gasteiger partial charge in [0.25, 0.3) is 15.9 Å². The third kappa shape index (κ3) is 6.01. The fraction of sp³-hybridized carbons (Fsp3) is 0.269. The number of anilines is 2. The van der Waals surface area contributed by atoms with Crippen LogP contribution >= 0.6 is 0 Å². The number of benzene rings is 3. The number of hydrogen-bond acceptors (Lipinski definition) is 7. The first kappa shape index (κ1) is 25.2. The van der Waals surface area contributed by atoms with Crippen LogP contribution in [0.2, 0.25) is 0 Å². The number of rotatable bonds is 9. The maximum atomic E-state index is 12.7. The minimum absolute atomic E-state index is 0.0875. The van der Waals surface area contributed by atoms with E-state index in [1.807, 2.05) is 24.3 Å². The molecule has 0 saturated carbocycles. The van der Waals surface area contributed by atoms with E-state index < -0.39 is 10.0 Å². The lowest BCUT2D eigenvalue weighted by Gasteiger charge is -2.36. The van der Waals surface area contributed by atoms with Gasteiger partial charge in [-0.1, -0.05) is 12.1 Å². The van der Waals surface area contributed by atoms with Gasteiger partial charge in [0.05, 0.1) is 24.8 Å². The fourth-order valence-corrected chi connectivity index (χ4v) is 4.97. The van der Waals surface area contributed by atoms with Crippen molar-refractivity contribution >= 4 is 27.3 Å². The van der Waals surface area contributed by atoms with Gasteiger partial charge in [0, 0.05) is 31.9 Å². The van der Waals surface area contributed by atoms with Crippen molar-refractivity contribution in [2.75, 3.05) is 56.6 Å². The third-order valence-corrected chi connectivity index (χ3v) is 7.29. The largest absolute Gasteiger partial charge is 0.497 e. The summed E-state index contributed by atoms with van der Waals surface area (Å²) in [5.41, 5.74) is 1.44. The lowest BCUT2D eigenvalue weighted by atomic mass is 10.2. The van der Waals surface area contributed by atoms with Gasteiger partial charge in [-0.05, 0) is 60.7 Å². The number of nitrogens with zero attached hydrogens (tertiary/aromatic N) is 2. The van der Waals surface area contributed by atoms with Gasteiger partial charge in [-0.3, -0.25) is 9.52 Å². The number of hydrogen-bond donors (Lipinski definition) is 1. The molecule has 1 aliphatic heterocycles. The van der Waals surface area contributed by atoms with Crippen LogP contribution in [0.3, 0.4) is 0 Å². The Morgan fingerprint density at radius 2 is 1.47 bits per heavy atom. The van der Waals surface area contributed by atoms with E-state index in [0.717, 1.165) is 11.4 Å². The predicted octanol–water partition coefficient (Wildman–Crippen LogP) is 3.23. The van der Waals surface area contributed by atoms with Gasteiger partial charge < -0.3 is 24.0 Å². The average molecular weight is 512 g/mol. The molecule has 0 atom stereocenters. The zero-order valence-corrected chi connectivity index (χ0v) is 21.0. The SMILES string of the molecule is COc1ccc(NS(=O)(=O)c2ccc(OCC(=O)N3CCN(c4ccccc4OC)CC3)cc2)cc1. The van der Waals surface area contributed by atoms with Gasteiger partial charge in [0.2, 0.25) is 0 Å². The smallest absolute Gasteiger partial charge is 0.261 e. The van der Waals surface area contributed by atoms with Crippen molar-refractivity contribution < 1.29 is 27.4 Å². The van der Waals surface area contributed by atoms with E-state index in [9.17, 15) is 13.2 Å². The predicted molar refractivity (Wildman–Crippen MR) is 138 cm³/mol. The molecule has 0 unspecified atom stereocenters. The van der Waals surface area contributed by atoms with Crippen LogP contribution in [0.1, 0.15) is 0 Å². The molecule has 1 aliphatic rings. The molecular formula is C26H29N3O6S. The number of amides is 1. The number of para-hydroxylation sites is 2. The Kier molecular flexibility index (Phi) is 7.84. The van der Waals surface area contributed by atoms with Crippen LogP contribution in [0, 0.1) is 0 Å². The van der Waals surface area contributed by atoms with Crippen LogP contribution in [0.25, 0.3) is 0 Å². The molecule has 1 N–H and O–H groups in total. The second kappa shape index (κ2) is 11.2. The number of piperazine rings is 1. The molecule has 1 amide bonds. The Hall–Kier alpha value is -3.92. The highest BCUT2D eigenvalue weighted by Gasteiger charge is 2.23. The Morgan fingerprint density at radius 1 is 0.833 bits per heavy atom. The van der Waals surface area contributed by atoms with Gasteiger partial charge >= 0.3 is 0 Å². The molecule has 0 aliphatic carbocycles. The second-order valence-corrected chi connectivity index (χ2v) is 9.82. The molecule has 10 heteroatoms. The zero-order chi connectivity index (χ0) is 25.5.